The summed E-state index contributed by atoms with van der Waals surface area (Å²) >= 11 is 11.8. The van der Waals surface area contributed by atoms with E-state index in [2.05, 4.69) is 10.6 Å². The highest BCUT2D eigenvalue weighted by molar-refractivity contribution is 6.36. The molecule has 5 nitrogen and oxygen atoms in total. The normalized spacial score (nSPS) is 11.9. The fourth-order valence-electron chi connectivity index (χ4n) is 2.46. The van der Waals surface area contributed by atoms with Crippen molar-refractivity contribution in [3.8, 4) is 0 Å². The second kappa shape index (κ2) is 9.57. The first-order chi connectivity index (χ1) is 12.4. The van der Waals surface area contributed by atoms with Crippen molar-refractivity contribution in [1.82, 2.24) is 15.5 Å². The zero-order valence-corrected chi connectivity index (χ0v) is 16.1. The summed E-state index contributed by atoms with van der Waals surface area (Å²) < 4.78 is 0. The maximum atomic E-state index is 12.3. The number of nitrogens with one attached hydrogen (secondary N) is 2. The number of carbonyl (C=O) groups excluding carboxylic acids is 2. The number of benzene rings is 2. The second-order valence-corrected chi connectivity index (χ2v) is 6.94. The average molecular weight is 394 g/mol. The molecule has 26 heavy (non-hydrogen) atoms. The molecule has 0 radical (unpaired) electrons. The third-order valence-corrected chi connectivity index (χ3v) is 4.22. The Morgan fingerprint density at radius 3 is 2.38 bits per heavy atom. The highest BCUT2D eigenvalue weighted by Gasteiger charge is 2.17. The van der Waals surface area contributed by atoms with E-state index in [1.165, 1.54) is 12.1 Å². The van der Waals surface area contributed by atoms with Crippen LogP contribution in [-0.2, 0) is 4.79 Å². The molecule has 0 saturated heterocycles. The molecular weight excluding hydrogens is 373 g/mol. The number of rotatable bonds is 7. The number of amides is 2. The minimum absolute atomic E-state index is 0.144. The fraction of sp³-hybridized carbons (Fsp3) is 0.263. The minimum atomic E-state index is -0.425. The van der Waals surface area contributed by atoms with E-state index in [-0.39, 0.29) is 29.1 Å². The lowest BCUT2D eigenvalue weighted by Crippen LogP contribution is -2.41. The molecule has 1 atom stereocenters. The monoisotopic (exact) mass is 393 g/mol. The van der Waals surface area contributed by atoms with Crippen molar-refractivity contribution in [1.29, 1.82) is 0 Å². The van der Waals surface area contributed by atoms with E-state index in [0.29, 0.717) is 11.6 Å². The molecule has 0 unspecified atom stereocenters. The zero-order valence-electron chi connectivity index (χ0n) is 14.6. The van der Waals surface area contributed by atoms with E-state index < -0.39 is 5.91 Å². The predicted molar refractivity (Wildman–Crippen MR) is 105 cm³/mol. The standard InChI is InChI=1S/C19H21Cl2N3O2/c1-24(2)12-17(13-6-4-3-5-7-13)23-18(25)11-22-19(26)15-9-8-14(20)10-16(15)21/h3-10,17H,11-12H2,1-2H3,(H,22,26)(H,23,25)/t17-/m1/s1. The summed E-state index contributed by atoms with van der Waals surface area (Å²) in [5, 5.41) is 6.21. The molecule has 0 aliphatic carbocycles. The lowest BCUT2D eigenvalue weighted by Gasteiger charge is -2.23. The molecule has 0 aromatic heterocycles. The molecule has 0 saturated carbocycles. The smallest absolute Gasteiger partial charge is 0.253 e. The SMILES string of the molecule is CN(C)C[C@@H](NC(=O)CNC(=O)c1ccc(Cl)cc1Cl)c1ccccc1. The van der Waals surface area contributed by atoms with E-state index in [9.17, 15) is 9.59 Å². The molecule has 2 aromatic rings. The van der Waals surface area contributed by atoms with Gasteiger partial charge >= 0.3 is 0 Å². The molecule has 2 N–H and O–H groups in total. The summed E-state index contributed by atoms with van der Waals surface area (Å²) in [6.07, 6.45) is 0. The number of halogens is 2. The maximum Gasteiger partial charge on any atom is 0.253 e. The van der Waals surface area contributed by atoms with Crippen LogP contribution in [0.1, 0.15) is 22.0 Å². The lowest BCUT2D eigenvalue weighted by atomic mass is 10.1. The Labute approximate surface area is 163 Å². The first-order valence-electron chi connectivity index (χ1n) is 8.09. The van der Waals surface area contributed by atoms with Gasteiger partial charge in [-0.1, -0.05) is 53.5 Å². The van der Waals surface area contributed by atoms with Crippen LogP contribution in [0.5, 0.6) is 0 Å². The summed E-state index contributed by atoms with van der Waals surface area (Å²) in [5.41, 5.74) is 1.28. The van der Waals surface area contributed by atoms with Crippen LogP contribution in [0.4, 0.5) is 0 Å². The minimum Gasteiger partial charge on any atom is -0.346 e. The largest absolute Gasteiger partial charge is 0.346 e. The first-order valence-corrected chi connectivity index (χ1v) is 8.84. The van der Waals surface area contributed by atoms with Crippen LogP contribution < -0.4 is 10.6 Å². The van der Waals surface area contributed by atoms with Gasteiger partial charge in [0.1, 0.15) is 0 Å². The van der Waals surface area contributed by atoms with Gasteiger partial charge in [0.2, 0.25) is 5.91 Å². The van der Waals surface area contributed by atoms with Gasteiger partial charge in [-0.25, -0.2) is 0 Å². The van der Waals surface area contributed by atoms with Gasteiger partial charge < -0.3 is 15.5 Å². The molecule has 138 valence electrons. The fourth-order valence-corrected chi connectivity index (χ4v) is 2.95. The van der Waals surface area contributed by atoms with Gasteiger partial charge in [0.15, 0.2) is 0 Å². The third-order valence-electron chi connectivity index (χ3n) is 3.67. The summed E-state index contributed by atoms with van der Waals surface area (Å²) in [4.78, 5) is 26.5. The van der Waals surface area contributed by atoms with Crippen molar-refractivity contribution in [2.75, 3.05) is 27.2 Å². The molecule has 0 spiro atoms. The number of likely N-dealkylation sites (N-methyl/N-ethyl adjacent to an activating group) is 1. The molecule has 0 aliphatic heterocycles. The molecule has 0 heterocycles. The van der Waals surface area contributed by atoms with Gasteiger partial charge in [-0.15, -0.1) is 0 Å². The van der Waals surface area contributed by atoms with Crippen LogP contribution in [0.25, 0.3) is 0 Å². The Hall–Kier alpha value is -2.08. The quantitative estimate of drug-likeness (QED) is 0.759. The van der Waals surface area contributed by atoms with Crippen molar-refractivity contribution in [3.63, 3.8) is 0 Å². The molecule has 2 rings (SSSR count). The first kappa shape index (κ1) is 20.2. The number of nitrogens with zero attached hydrogens (tertiary/aromatic N) is 1. The van der Waals surface area contributed by atoms with E-state index >= 15 is 0 Å². The van der Waals surface area contributed by atoms with Crippen molar-refractivity contribution in [2.24, 2.45) is 0 Å². The van der Waals surface area contributed by atoms with Crippen LogP contribution in [0, 0.1) is 0 Å². The van der Waals surface area contributed by atoms with E-state index in [4.69, 9.17) is 23.2 Å². The molecule has 0 aliphatic rings. The zero-order chi connectivity index (χ0) is 19.1. The van der Waals surface area contributed by atoms with Crippen LogP contribution >= 0.6 is 23.2 Å². The molecule has 7 heteroatoms. The Morgan fingerprint density at radius 1 is 1.08 bits per heavy atom. The maximum absolute atomic E-state index is 12.3. The third kappa shape index (κ3) is 6.02. The highest BCUT2D eigenvalue weighted by Crippen LogP contribution is 2.20. The van der Waals surface area contributed by atoms with Crippen molar-refractivity contribution >= 4 is 35.0 Å². The van der Waals surface area contributed by atoms with Crippen molar-refractivity contribution in [2.45, 2.75) is 6.04 Å². The number of hydrogen-bond acceptors (Lipinski definition) is 3. The van der Waals surface area contributed by atoms with Gasteiger partial charge in [-0.05, 0) is 37.9 Å². The Morgan fingerprint density at radius 2 is 1.77 bits per heavy atom. The Bertz CT molecular complexity index is 767. The van der Waals surface area contributed by atoms with Crippen molar-refractivity contribution in [3.05, 3.63) is 69.7 Å². The Balaban J connectivity index is 1.96. The predicted octanol–water partition coefficient (Wildman–Crippen LogP) is 3.14. The summed E-state index contributed by atoms with van der Waals surface area (Å²) in [5.74, 6) is -0.704. The van der Waals surface area contributed by atoms with Gasteiger partial charge in [0.25, 0.3) is 5.91 Å². The summed E-state index contributed by atoms with van der Waals surface area (Å²) in [6, 6.07) is 14.1. The van der Waals surface area contributed by atoms with Crippen molar-refractivity contribution < 1.29 is 9.59 Å². The van der Waals surface area contributed by atoms with Crippen LogP contribution in [0.3, 0.4) is 0 Å². The highest BCUT2D eigenvalue weighted by atomic mass is 35.5. The molecule has 0 fully saturated rings. The van der Waals surface area contributed by atoms with Gasteiger partial charge in [-0.3, -0.25) is 9.59 Å². The number of carbonyl (C=O) groups is 2. The molecular formula is C19H21Cl2N3O2. The van der Waals surface area contributed by atoms with E-state index in [0.717, 1.165) is 5.56 Å². The van der Waals surface area contributed by atoms with Crippen LogP contribution in [0.15, 0.2) is 48.5 Å². The second-order valence-electron chi connectivity index (χ2n) is 6.10. The van der Waals surface area contributed by atoms with Gasteiger partial charge in [0.05, 0.1) is 23.2 Å². The van der Waals surface area contributed by atoms with E-state index in [1.54, 1.807) is 6.07 Å². The summed E-state index contributed by atoms with van der Waals surface area (Å²) in [7, 11) is 3.87. The van der Waals surface area contributed by atoms with Crippen LogP contribution in [0.2, 0.25) is 10.0 Å². The van der Waals surface area contributed by atoms with E-state index in [1.807, 2.05) is 49.3 Å². The average Bonchev–Trinajstić information content (AvgIpc) is 2.59. The molecule has 0 bridgehead atoms. The Kier molecular flexibility index (Phi) is 7.45. The molecule has 2 aromatic carbocycles. The van der Waals surface area contributed by atoms with Gasteiger partial charge in [0, 0.05) is 11.6 Å². The number of hydrogen-bond donors (Lipinski definition) is 2. The topological polar surface area (TPSA) is 61.4 Å². The van der Waals surface area contributed by atoms with Gasteiger partial charge in [-0.2, -0.15) is 0 Å². The lowest BCUT2D eigenvalue weighted by molar-refractivity contribution is -0.121. The summed E-state index contributed by atoms with van der Waals surface area (Å²) in [6.45, 7) is 0.501. The van der Waals surface area contributed by atoms with Crippen LogP contribution in [-0.4, -0.2) is 43.9 Å². The molecule has 2 amide bonds.